The maximum absolute atomic E-state index is 12.8. The topological polar surface area (TPSA) is 74.3 Å². The van der Waals surface area contributed by atoms with Crippen LogP contribution in [-0.4, -0.2) is 33.3 Å². The lowest BCUT2D eigenvalue weighted by Crippen LogP contribution is -2.28. The van der Waals surface area contributed by atoms with E-state index < -0.39 is 17.9 Å². The van der Waals surface area contributed by atoms with E-state index in [9.17, 15) is 9.59 Å². The Hall–Kier alpha value is -4.52. The summed E-state index contributed by atoms with van der Waals surface area (Å²) in [6, 6.07) is 23.9. The average molecular weight is 472 g/mol. The third-order valence-corrected chi connectivity index (χ3v) is 5.58. The Morgan fingerprint density at radius 2 is 1.17 bits per heavy atom. The van der Waals surface area contributed by atoms with Gasteiger partial charge in [-0.25, -0.2) is 9.59 Å². The highest BCUT2D eigenvalue weighted by Crippen LogP contribution is 2.39. The second kappa shape index (κ2) is 10.6. The Labute approximate surface area is 203 Å². The molecule has 7 nitrogen and oxygen atoms in total. The summed E-state index contributed by atoms with van der Waals surface area (Å²) < 4.78 is 21.2. The van der Waals surface area contributed by atoms with Crippen LogP contribution < -0.4 is 14.4 Å². The van der Waals surface area contributed by atoms with Crippen molar-refractivity contribution in [1.82, 2.24) is 0 Å². The van der Waals surface area contributed by atoms with E-state index in [1.807, 2.05) is 66.7 Å². The average Bonchev–Trinajstić information content (AvgIpc) is 2.92. The zero-order valence-corrected chi connectivity index (χ0v) is 19.6. The molecule has 1 heterocycles. The number of methoxy groups -OCH3 is 3. The summed E-state index contributed by atoms with van der Waals surface area (Å²) in [5.41, 5.74) is 2.04. The summed E-state index contributed by atoms with van der Waals surface area (Å²) in [4.78, 5) is 27.3. The van der Waals surface area contributed by atoms with Gasteiger partial charge in [0.2, 0.25) is 0 Å². The number of nitrogens with zero attached hydrogens (tertiary/aromatic N) is 1. The molecule has 0 aromatic heterocycles. The number of carbonyl (C=O) groups excluding carboxylic acids is 2. The minimum Gasteiger partial charge on any atom is -0.497 e. The Bertz CT molecular complexity index is 1210. The number of hydrogen-bond acceptors (Lipinski definition) is 7. The van der Waals surface area contributed by atoms with Gasteiger partial charge in [-0.3, -0.25) is 0 Å². The van der Waals surface area contributed by atoms with Crippen molar-refractivity contribution in [2.75, 3.05) is 26.2 Å². The van der Waals surface area contributed by atoms with E-state index in [1.165, 1.54) is 14.2 Å². The van der Waals surface area contributed by atoms with Gasteiger partial charge in [0, 0.05) is 18.1 Å². The highest BCUT2D eigenvalue weighted by atomic mass is 16.5. The molecule has 4 rings (SSSR count). The van der Waals surface area contributed by atoms with Crippen LogP contribution in [0.15, 0.2) is 102 Å². The Balaban J connectivity index is 1.71. The second-order valence-corrected chi connectivity index (χ2v) is 7.67. The Morgan fingerprint density at radius 3 is 1.69 bits per heavy atom. The van der Waals surface area contributed by atoms with E-state index >= 15 is 0 Å². The van der Waals surface area contributed by atoms with Crippen molar-refractivity contribution in [2.24, 2.45) is 0 Å². The van der Waals surface area contributed by atoms with E-state index in [0.29, 0.717) is 22.6 Å². The monoisotopic (exact) mass is 471 g/mol. The number of rotatable bonds is 7. The van der Waals surface area contributed by atoms with Crippen molar-refractivity contribution >= 4 is 17.6 Å². The summed E-state index contributed by atoms with van der Waals surface area (Å²) in [6.45, 7) is 0. The van der Waals surface area contributed by atoms with Crippen molar-refractivity contribution in [3.63, 3.8) is 0 Å². The van der Waals surface area contributed by atoms with E-state index in [-0.39, 0.29) is 0 Å². The summed E-state index contributed by atoms with van der Waals surface area (Å²) in [6.07, 6.45) is 3.33. The van der Waals surface area contributed by atoms with Crippen molar-refractivity contribution in [1.29, 1.82) is 0 Å². The summed E-state index contributed by atoms with van der Waals surface area (Å²) >= 11 is 0. The number of benzene rings is 3. The largest absolute Gasteiger partial charge is 0.497 e. The lowest BCUT2D eigenvalue weighted by Gasteiger charge is -2.30. The van der Waals surface area contributed by atoms with Crippen LogP contribution in [0.5, 0.6) is 17.2 Å². The molecule has 0 N–H and O–H groups in total. The third kappa shape index (κ3) is 5.19. The van der Waals surface area contributed by atoms with Gasteiger partial charge in [-0.1, -0.05) is 30.3 Å². The van der Waals surface area contributed by atoms with Crippen LogP contribution in [0.3, 0.4) is 0 Å². The van der Waals surface area contributed by atoms with E-state index in [4.69, 9.17) is 18.9 Å². The molecule has 0 unspecified atom stereocenters. The standard InChI is InChI=1S/C28H25NO6/c1-32-21-13-9-19(10-14-21)26-24(27(30)33-2)17-29(18-25(26)28(31)34-3)20-11-15-23(16-12-20)35-22-7-5-4-6-8-22/h4-18,26H,1-3H3. The molecule has 3 aromatic rings. The number of carbonyl (C=O) groups is 2. The first-order valence-corrected chi connectivity index (χ1v) is 10.9. The van der Waals surface area contributed by atoms with Crippen LogP contribution in [0.25, 0.3) is 0 Å². The predicted molar refractivity (Wildman–Crippen MR) is 131 cm³/mol. The molecule has 0 aliphatic carbocycles. The molecule has 178 valence electrons. The Kier molecular flexibility index (Phi) is 7.16. The predicted octanol–water partition coefficient (Wildman–Crippen LogP) is 5.21. The lowest BCUT2D eigenvalue weighted by molar-refractivity contribution is -0.137. The van der Waals surface area contributed by atoms with Crippen LogP contribution in [0.4, 0.5) is 5.69 Å². The number of ether oxygens (including phenoxy) is 4. The minimum absolute atomic E-state index is 0.296. The highest BCUT2D eigenvalue weighted by molar-refractivity contribution is 6.00. The number of anilines is 1. The zero-order valence-electron chi connectivity index (χ0n) is 19.6. The van der Waals surface area contributed by atoms with Crippen LogP contribution >= 0.6 is 0 Å². The van der Waals surface area contributed by atoms with Gasteiger partial charge in [0.1, 0.15) is 17.2 Å². The fraction of sp³-hybridized carbons (Fsp3) is 0.143. The van der Waals surface area contributed by atoms with Crippen molar-refractivity contribution in [3.05, 3.63) is 108 Å². The van der Waals surface area contributed by atoms with Gasteiger partial charge in [0.15, 0.2) is 0 Å². The fourth-order valence-corrected chi connectivity index (χ4v) is 3.85. The van der Waals surface area contributed by atoms with Gasteiger partial charge in [-0.15, -0.1) is 0 Å². The molecule has 0 radical (unpaired) electrons. The quantitative estimate of drug-likeness (QED) is 0.438. The molecule has 0 spiro atoms. The number of esters is 2. The van der Waals surface area contributed by atoms with Crippen LogP contribution in [0.1, 0.15) is 11.5 Å². The maximum atomic E-state index is 12.8. The Morgan fingerprint density at radius 1 is 0.657 bits per heavy atom. The molecule has 1 aliphatic rings. The molecule has 35 heavy (non-hydrogen) atoms. The molecule has 1 aliphatic heterocycles. The van der Waals surface area contributed by atoms with Crippen LogP contribution in [-0.2, 0) is 19.1 Å². The molecule has 0 bridgehead atoms. The zero-order chi connectivity index (χ0) is 24.8. The van der Waals surface area contributed by atoms with Crippen LogP contribution in [0, 0.1) is 0 Å². The maximum Gasteiger partial charge on any atom is 0.336 e. The molecule has 0 saturated heterocycles. The molecule has 7 heteroatoms. The lowest BCUT2D eigenvalue weighted by atomic mass is 9.83. The summed E-state index contributed by atoms with van der Waals surface area (Å²) in [5, 5.41) is 0. The molecule has 0 fully saturated rings. The summed E-state index contributed by atoms with van der Waals surface area (Å²) in [5.74, 6) is 0.279. The number of hydrogen-bond donors (Lipinski definition) is 0. The van der Waals surface area contributed by atoms with Gasteiger partial charge in [-0.2, -0.15) is 0 Å². The molecule has 0 saturated carbocycles. The third-order valence-electron chi connectivity index (χ3n) is 5.58. The summed E-state index contributed by atoms with van der Waals surface area (Å²) in [7, 11) is 4.19. The van der Waals surface area contributed by atoms with Gasteiger partial charge >= 0.3 is 11.9 Å². The van der Waals surface area contributed by atoms with Crippen molar-refractivity contribution < 1.29 is 28.5 Å². The first kappa shape index (κ1) is 23.6. The molecular formula is C28H25NO6. The highest BCUT2D eigenvalue weighted by Gasteiger charge is 2.35. The van der Waals surface area contributed by atoms with Gasteiger partial charge < -0.3 is 23.8 Å². The van der Waals surface area contributed by atoms with Crippen LogP contribution in [0.2, 0.25) is 0 Å². The second-order valence-electron chi connectivity index (χ2n) is 7.67. The molecular weight excluding hydrogens is 446 g/mol. The van der Waals surface area contributed by atoms with E-state index in [0.717, 1.165) is 17.0 Å². The van der Waals surface area contributed by atoms with Crippen molar-refractivity contribution in [3.8, 4) is 17.2 Å². The van der Waals surface area contributed by atoms with E-state index in [1.54, 1.807) is 36.5 Å². The molecule has 0 amide bonds. The van der Waals surface area contributed by atoms with Gasteiger partial charge in [0.05, 0.1) is 38.4 Å². The SMILES string of the molecule is COC(=O)C1=CN(c2ccc(Oc3ccccc3)cc2)C=C(C(=O)OC)C1c1ccc(OC)cc1. The number of para-hydroxylation sites is 1. The van der Waals surface area contributed by atoms with Crippen molar-refractivity contribution in [2.45, 2.75) is 5.92 Å². The fourth-order valence-electron chi connectivity index (χ4n) is 3.85. The minimum atomic E-state index is -0.669. The normalized spacial score (nSPS) is 13.4. The first-order chi connectivity index (χ1) is 17.0. The first-order valence-electron chi connectivity index (χ1n) is 10.9. The van der Waals surface area contributed by atoms with Gasteiger partial charge in [-0.05, 0) is 54.1 Å². The smallest absolute Gasteiger partial charge is 0.336 e. The molecule has 3 aromatic carbocycles. The van der Waals surface area contributed by atoms with Gasteiger partial charge in [0.25, 0.3) is 0 Å². The molecule has 0 atom stereocenters. The van der Waals surface area contributed by atoms with E-state index in [2.05, 4.69) is 0 Å².